The molecular formula is C12H20N4O. The summed E-state index contributed by atoms with van der Waals surface area (Å²) in [6.07, 6.45) is 5.81. The second-order valence-electron chi connectivity index (χ2n) is 4.53. The lowest BCUT2D eigenvalue weighted by Crippen LogP contribution is -2.50. The Hall–Kier alpha value is -1.36. The van der Waals surface area contributed by atoms with Gasteiger partial charge in [-0.25, -0.2) is 0 Å². The normalized spacial score (nSPS) is 20.9. The molecule has 1 amide bonds. The number of hydrogen-bond donors (Lipinski definition) is 1. The third-order valence-corrected chi connectivity index (χ3v) is 3.11. The summed E-state index contributed by atoms with van der Waals surface area (Å²) in [4.78, 5) is 14.1. The number of likely N-dealkylation sites (tertiary alicyclic amines) is 1. The molecule has 1 atom stereocenters. The first kappa shape index (κ1) is 12.1. The van der Waals surface area contributed by atoms with E-state index in [2.05, 4.69) is 10.4 Å². The molecule has 2 rings (SSSR count). The highest BCUT2D eigenvalue weighted by Crippen LogP contribution is 2.14. The highest BCUT2D eigenvalue weighted by molar-refractivity contribution is 5.82. The van der Waals surface area contributed by atoms with E-state index in [0.29, 0.717) is 6.54 Å². The number of rotatable bonds is 4. The van der Waals surface area contributed by atoms with E-state index in [-0.39, 0.29) is 11.9 Å². The number of hydrogen-bond acceptors (Lipinski definition) is 3. The van der Waals surface area contributed by atoms with E-state index in [1.54, 1.807) is 4.68 Å². The van der Waals surface area contributed by atoms with Crippen molar-refractivity contribution in [1.29, 1.82) is 0 Å². The molecule has 1 aromatic rings. The zero-order valence-corrected chi connectivity index (χ0v) is 10.5. The van der Waals surface area contributed by atoms with Crippen LogP contribution in [0.4, 0.5) is 0 Å². The minimum Gasteiger partial charge on any atom is -0.337 e. The summed E-state index contributed by atoms with van der Waals surface area (Å²) in [5, 5.41) is 7.37. The van der Waals surface area contributed by atoms with E-state index >= 15 is 0 Å². The molecule has 1 fully saturated rings. The van der Waals surface area contributed by atoms with Crippen molar-refractivity contribution < 1.29 is 4.79 Å². The highest BCUT2D eigenvalue weighted by atomic mass is 16.2. The topological polar surface area (TPSA) is 50.2 Å². The van der Waals surface area contributed by atoms with Crippen molar-refractivity contribution >= 4 is 5.91 Å². The van der Waals surface area contributed by atoms with E-state index < -0.39 is 0 Å². The second kappa shape index (κ2) is 5.31. The average molecular weight is 236 g/mol. The number of piperidine rings is 1. The third-order valence-electron chi connectivity index (χ3n) is 3.11. The molecular weight excluding hydrogens is 216 g/mol. The maximum Gasteiger partial charge on any atom is 0.240 e. The van der Waals surface area contributed by atoms with Crippen LogP contribution in [0.5, 0.6) is 0 Å². The lowest BCUT2D eigenvalue weighted by atomic mass is 10.0. The van der Waals surface area contributed by atoms with Gasteiger partial charge in [-0.15, -0.1) is 0 Å². The molecule has 94 valence electrons. The molecule has 1 aromatic heterocycles. The van der Waals surface area contributed by atoms with Crippen molar-refractivity contribution in [2.24, 2.45) is 7.05 Å². The fourth-order valence-corrected chi connectivity index (χ4v) is 2.31. The minimum absolute atomic E-state index is 0.00502. The van der Waals surface area contributed by atoms with E-state index in [1.165, 1.54) is 0 Å². The molecule has 0 bridgehead atoms. The van der Waals surface area contributed by atoms with Crippen LogP contribution in [0.15, 0.2) is 12.4 Å². The average Bonchev–Trinajstić information content (AvgIpc) is 2.70. The summed E-state index contributed by atoms with van der Waals surface area (Å²) in [7, 11) is 1.89. The van der Waals surface area contributed by atoms with E-state index in [4.69, 9.17) is 0 Å². The molecule has 17 heavy (non-hydrogen) atoms. The van der Waals surface area contributed by atoms with Crippen LogP contribution in [-0.4, -0.2) is 39.7 Å². The van der Waals surface area contributed by atoms with Gasteiger partial charge >= 0.3 is 0 Å². The fourth-order valence-electron chi connectivity index (χ4n) is 2.31. The van der Waals surface area contributed by atoms with Gasteiger partial charge in [-0.1, -0.05) is 6.92 Å². The van der Waals surface area contributed by atoms with Gasteiger partial charge in [0.15, 0.2) is 0 Å². The smallest absolute Gasteiger partial charge is 0.240 e. The second-order valence-corrected chi connectivity index (χ2v) is 4.53. The Morgan fingerprint density at radius 2 is 2.41 bits per heavy atom. The van der Waals surface area contributed by atoms with Gasteiger partial charge in [0.25, 0.3) is 0 Å². The van der Waals surface area contributed by atoms with Gasteiger partial charge in [0.2, 0.25) is 5.91 Å². The zero-order valence-electron chi connectivity index (χ0n) is 10.5. The molecule has 0 radical (unpaired) electrons. The predicted molar refractivity (Wildman–Crippen MR) is 65.3 cm³/mol. The first-order valence-corrected chi connectivity index (χ1v) is 6.20. The molecule has 1 unspecified atom stereocenters. The largest absolute Gasteiger partial charge is 0.337 e. The van der Waals surface area contributed by atoms with Gasteiger partial charge in [-0.2, -0.15) is 5.10 Å². The maximum atomic E-state index is 12.2. The van der Waals surface area contributed by atoms with Crippen LogP contribution in [-0.2, 0) is 18.4 Å². The summed E-state index contributed by atoms with van der Waals surface area (Å²) >= 11 is 0. The molecule has 1 saturated heterocycles. The molecule has 1 aliphatic rings. The first-order chi connectivity index (χ1) is 8.20. The van der Waals surface area contributed by atoms with Crippen LogP contribution in [0.1, 0.15) is 25.3 Å². The Balaban J connectivity index is 1.98. The number of aromatic nitrogens is 2. The van der Waals surface area contributed by atoms with Gasteiger partial charge < -0.3 is 10.2 Å². The van der Waals surface area contributed by atoms with Gasteiger partial charge in [-0.05, 0) is 19.4 Å². The summed E-state index contributed by atoms with van der Waals surface area (Å²) in [5.41, 5.74) is 1.10. The summed E-state index contributed by atoms with van der Waals surface area (Å²) < 4.78 is 1.77. The molecule has 0 aromatic carbocycles. The summed E-state index contributed by atoms with van der Waals surface area (Å²) in [5.74, 6) is 0.224. The minimum atomic E-state index is 0.00502. The van der Waals surface area contributed by atoms with Crippen molar-refractivity contribution in [3.8, 4) is 0 Å². The number of nitrogens with one attached hydrogen (secondary N) is 1. The predicted octanol–water partition coefficient (Wildman–Crippen LogP) is 0.521. The third kappa shape index (κ3) is 2.85. The van der Waals surface area contributed by atoms with E-state index in [9.17, 15) is 4.79 Å². The van der Waals surface area contributed by atoms with Gasteiger partial charge in [0.05, 0.1) is 12.2 Å². The highest BCUT2D eigenvalue weighted by Gasteiger charge is 2.27. The number of amides is 1. The molecule has 2 heterocycles. The number of carbonyl (C=O) groups excluding carboxylic acids is 1. The first-order valence-electron chi connectivity index (χ1n) is 6.20. The Kier molecular flexibility index (Phi) is 3.78. The van der Waals surface area contributed by atoms with Gasteiger partial charge in [-0.3, -0.25) is 9.48 Å². The van der Waals surface area contributed by atoms with Crippen molar-refractivity contribution in [2.75, 3.05) is 13.1 Å². The summed E-state index contributed by atoms with van der Waals surface area (Å²) in [6, 6.07) is 0.00502. The lowest BCUT2D eigenvalue weighted by Gasteiger charge is -2.32. The number of carbonyl (C=O) groups is 1. The zero-order chi connectivity index (χ0) is 12.3. The van der Waals surface area contributed by atoms with Gasteiger partial charge in [0, 0.05) is 31.9 Å². The molecule has 0 spiro atoms. The molecule has 5 nitrogen and oxygen atoms in total. The molecule has 1 aliphatic heterocycles. The lowest BCUT2D eigenvalue weighted by molar-refractivity contribution is -0.136. The molecule has 1 N–H and O–H groups in total. The van der Waals surface area contributed by atoms with Crippen LogP contribution in [0.2, 0.25) is 0 Å². The molecule has 0 aliphatic carbocycles. The van der Waals surface area contributed by atoms with E-state index in [1.807, 2.05) is 31.3 Å². The Bertz CT molecular complexity index is 386. The summed E-state index contributed by atoms with van der Waals surface area (Å²) in [6.45, 7) is 4.41. The van der Waals surface area contributed by atoms with Crippen molar-refractivity contribution in [3.05, 3.63) is 18.0 Å². The SMILES string of the molecule is CCNC1CCCN(Cc2cnn(C)c2)C1=O. The van der Waals surface area contributed by atoms with E-state index in [0.717, 1.165) is 31.5 Å². The molecule has 5 heteroatoms. The Morgan fingerprint density at radius 1 is 1.59 bits per heavy atom. The number of aryl methyl sites for hydroxylation is 1. The Labute approximate surface area is 102 Å². The van der Waals surface area contributed by atoms with Crippen molar-refractivity contribution in [2.45, 2.75) is 32.4 Å². The monoisotopic (exact) mass is 236 g/mol. The van der Waals surface area contributed by atoms with Crippen LogP contribution >= 0.6 is 0 Å². The van der Waals surface area contributed by atoms with Crippen LogP contribution in [0, 0.1) is 0 Å². The van der Waals surface area contributed by atoms with Crippen LogP contribution in [0.25, 0.3) is 0 Å². The standard InChI is InChI=1S/C12H20N4O/c1-3-13-11-5-4-6-16(12(11)17)9-10-7-14-15(2)8-10/h7-8,11,13H,3-6,9H2,1-2H3. The van der Waals surface area contributed by atoms with Gasteiger partial charge in [0.1, 0.15) is 0 Å². The molecule has 0 saturated carbocycles. The van der Waals surface area contributed by atoms with Crippen LogP contribution < -0.4 is 5.32 Å². The Morgan fingerprint density at radius 3 is 3.06 bits per heavy atom. The number of nitrogens with zero attached hydrogens (tertiary/aromatic N) is 3. The quantitative estimate of drug-likeness (QED) is 0.829. The van der Waals surface area contributed by atoms with Crippen molar-refractivity contribution in [1.82, 2.24) is 20.0 Å². The maximum absolute atomic E-state index is 12.2. The fraction of sp³-hybridized carbons (Fsp3) is 0.667. The van der Waals surface area contributed by atoms with Crippen molar-refractivity contribution in [3.63, 3.8) is 0 Å². The number of likely N-dealkylation sites (N-methyl/N-ethyl adjacent to an activating group) is 1. The van der Waals surface area contributed by atoms with Crippen LogP contribution in [0.3, 0.4) is 0 Å².